The van der Waals surface area contributed by atoms with Crippen molar-refractivity contribution < 1.29 is 9.59 Å². The quantitative estimate of drug-likeness (QED) is 0.643. The van der Waals surface area contributed by atoms with E-state index in [4.69, 9.17) is 11.6 Å². The maximum atomic E-state index is 10.2. The second-order valence-corrected chi connectivity index (χ2v) is 3.30. The number of rotatable bonds is 2. The van der Waals surface area contributed by atoms with E-state index in [-0.39, 0.29) is 0 Å². The minimum Gasteiger partial charge on any atom is -0.298 e. The summed E-state index contributed by atoms with van der Waals surface area (Å²) >= 11 is 6.66. The molecular weight excluding hydrogens is 172 g/mol. The van der Waals surface area contributed by atoms with Crippen molar-refractivity contribution in [2.75, 3.05) is 0 Å². The molecule has 4 heteroatoms. The van der Waals surface area contributed by atoms with Gasteiger partial charge in [0.05, 0.1) is 4.88 Å². The molecular formula is C6H3ClO2S. The van der Waals surface area contributed by atoms with Crippen LogP contribution in [-0.4, -0.2) is 12.6 Å². The molecule has 0 aliphatic rings. The molecule has 52 valence electrons. The normalized spacial score (nSPS) is 9.30. The number of aldehydes is 2. The van der Waals surface area contributed by atoms with E-state index in [0.717, 1.165) is 11.3 Å². The van der Waals surface area contributed by atoms with Gasteiger partial charge in [-0.25, -0.2) is 0 Å². The van der Waals surface area contributed by atoms with E-state index in [0.29, 0.717) is 27.3 Å². The summed E-state index contributed by atoms with van der Waals surface area (Å²) in [5.74, 6) is 0. The highest BCUT2D eigenvalue weighted by Crippen LogP contribution is 2.24. The van der Waals surface area contributed by atoms with Crippen LogP contribution in [0.2, 0.25) is 4.34 Å². The summed E-state index contributed by atoms with van der Waals surface area (Å²) in [5.41, 5.74) is 0.383. The number of thiophene rings is 1. The third-order valence-electron chi connectivity index (χ3n) is 0.975. The zero-order valence-corrected chi connectivity index (χ0v) is 6.41. The lowest BCUT2D eigenvalue weighted by Crippen LogP contribution is -1.71. The summed E-state index contributed by atoms with van der Waals surface area (Å²) < 4.78 is 0.372. The van der Waals surface area contributed by atoms with E-state index in [1.807, 2.05) is 0 Å². The molecule has 0 N–H and O–H groups in total. The van der Waals surface area contributed by atoms with Crippen molar-refractivity contribution in [3.8, 4) is 0 Å². The standard InChI is InChI=1S/C6H3ClO2S/c7-6-4(2-8)1-5(3-9)10-6/h1-3H. The third-order valence-corrected chi connectivity index (χ3v) is 2.29. The first-order valence-corrected chi connectivity index (χ1v) is 3.67. The summed E-state index contributed by atoms with van der Waals surface area (Å²) in [6, 6.07) is 1.47. The largest absolute Gasteiger partial charge is 0.298 e. The lowest BCUT2D eigenvalue weighted by atomic mass is 10.3. The molecule has 0 aliphatic heterocycles. The maximum Gasteiger partial charge on any atom is 0.160 e. The van der Waals surface area contributed by atoms with Crippen molar-refractivity contribution in [1.29, 1.82) is 0 Å². The number of halogens is 1. The van der Waals surface area contributed by atoms with E-state index in [1.54, 1.807) is 0 Å². The molecule has 0 saturated heterocycles. The van der Waals surface area contributed by atoms with Crippen LogP contribution in [0.5, 0.6) is 0 Å². The van der Waals surface area contributed by atoms with Crippen molar-refractivity contribution in [3.63, 3.8) is 0 Å². The number of carbonyl (C=O) groups excluding carboxylic acids is 2. The van der Waals surface area contributed by atoms with Crippen molar-refractivity contribution in [3.05, 3.63) is 20.8 Å². The maximum absolute atomic E-state index is 10.2. The average Bonchev–Trinajstić information content (AvgIpc) is 2.30. The van der Waals surface area contributed by atoms with E-state index >= 15 is 0 Å². The molecule has 0 unspecified atom stereocenters. The minimum absolute atomic E-state index is 0.372. The molecule has 2 nitrogen and oxygen atoms in total. The number of hydrogen-bond donors (Lipinski definition) is 0. The summed E-state index contributed by atoms with van der Waals surface area (Å²) in [6.45, 7) is 0. The monoisotopic (exact) mass is 174 g/mol. The molecule has 0 aliphatic carbocycles. The zero-order valence-electron chi connectivity index (χ0n) is 4.83. The van der Waals surface area contributed by atoms with E-state index in [9.17, 15) is 9.59 Å². The summed E-state index contributed by atoms with van der Waals surface area (Å²) in [6.07, 6.45) is 1.30. The van der Waals surface area contributed by atoms with Crippen LogP contribution in [0.15, 0.2) is 6.07 Å². The highest BCUT2D eigenvalue weighted by atomic mass is 35.5. The van der Waals surface area contributed by atoms with Gasteiger partial charge in [-0.1, -0.05) is 11.6 Å². The van der Waals surface area contributed by atoms with Gasteiger partial charge in [-0.3, -0.25) is 9.59 Å². The smallest absolute Gasteiger partial charge is 0.160 e. The molecule has 0 bridgehead atoms. The second kappa shape index (κ2) is 2.94. The predicted octanol–water partition coefficient (Wildman–Crippen LogP) is 2.03. The van der Waals surface area contributed by atoms with Crippen LogP contribution in [0.1, 0.15) is 20.0 Å². The van der Waals surface area contributed by atoms with Gasteiger partial charge in [0.2, 0.25) is 0 Å². The molecule has 0 radical (unpaired) electrons. The molecule has 0 atom stereocenters. The van der Waals surface area contributed by atoms with Gasteiger partial charge in [0.1, 0.15) is 4.34 Å². The molecule has 0 saturated carbocycles. The van der Waals surface area contributed by atoms with Crippen LogP contribution in [0.25, 0.3) is 0 Å². The van der Waals surface area contributed by atoms with Crippen molar-refractivity contribution in [2.24, 2.45) is 0 Å². The Kier molecular flexibility index (Phi) is 2.19. The van der Waals surface area contributed by atoms with Gasteiger partial charge in [-0.05, 0) is 6.07 Å². The van der Waals surface area contributed by atoms with Gasteiger partial charge in [-0.15, -0.1) is 11.3 Å². The fraction of sp³-hybridized carbons (Fsp3) is 0. The first-order valence-electron chi connectivity index (χ1n) is 2.47. The Morgan fingerprint density at radius 2 is 2.10 bits per heavy atom. The van der Waals surface area contributed by atoms with Gasteiger partial charge in [-0.2, -0.15) is 0 Å². The molecule has 10 heavy (non-hydrogen) atoms. The SMILES string of the molecule is O=Cc1cc(C=O)c(Cl)s1. The zero-order chi connectivity index (χ0) is 7.56. The summed E-state index contributed by atoms with van der Waals surface area (Å²) in [4.78, 5) is 20.8. The van der Waals surface area contributed by atoms with E-state index in [2.05, 4.69) is 0 Å². The topological polar surface area (TPSA) is 34.1 Å². The van der Waals surface area contributed by atoms with Crippen LogP contribution in [-0.2, 0) is 0 Å². The first-order chi connectivity index (χ1) is 4.77. The van der Waals surface area contributed by atoms with E-state index in [1.165, 1.54) is 6.07 Å². The molecule has 0 amide bonds. The van der Waals surface area contributed by atoms with Gasteiger partial charge in [0, 0.05) is 5.56 Å². The Morgan fingerprint density at radius 3 is 2.40 bits per heavy atom. The van der Waals surface area contributed by atoms with Crippen LogP contribution in [0, 0.1) is 0 Å². The molecule has 0 spiro atoms. The fourth-order valence-corrected chi connectivity index (χ4v) is 1.57. The minimum atomic E-state index is 0.372. The van der Waals surface area contributed by atoms with Crippen LogP contribution >= 0.6 is 22.9 Å². The van der Waals surface area contributed by atoms with Gasteiger partial charge < -0.3 is 0 Å². The lowest BCUT2D eigenvalue weighted by molar-refractivity contribution is 0.112. The molecule has 1 heterocycles. The fourth-order valence-electron chi connectivity index (χ4n) is 0.540. The van der Waals surface area contributed by atoms with Crippen molar-refractivity contribution in [1.82, 2.24) is 0 Å². The Balaban J connectivity index is 3.15. The Labute approximate surface area is 66.4 Å². The third kappa shape index (κ3) is 1.25. The molecule has 0 aromatic carbocycles. The van der Waals surface area contributed by atoms with Crippen LogP contribution in [0.4, 0.5) is 0 Å². The van der Waals surface area contributed by atoms with Crippen LogP contribution in [0.3, 0.4) is 0 Å². The summed E-state index contributed by atoms with van der Waals surface area (Å²) in [5, 5.41) is 0. The highest BCUT2D eigenvalue weighted by molar-refractivity contribution is 7.18. The Bertz CT molecular complexity index is 267. The van der Waals surface area contributed by atoms with Gasteiger partial charge in [0.25, 0.3) is 0 Å². The Morgan fingerprint density at radius 1 is 1.40 bits per heavy atom. The van der Waals surface area contributed by atoms with Crippen molar-refractivity contribution >= 4 is 35.5 Å². The molecule has 1 rings (SSSR count). The number of hydrogen-bond acceptors (Lipinski definition) is 3. The number of carbonyl (C=O) groups is 2. The van der Waals surface area contributed by atoms with Crippen molar-refractivity contribution in [2.45, 2.75) is 0 Å². The molecule has 1 aromatic rings. The molecule has 0 fully saturated rings. The van der Waals surface area contributed by atoms with E-state index < -0.39 is 0 Å². The van der Waals surface area contributed by atoms with Gasteiger partial charge >= 0.3 is 0 Å². The predicted molar refractivity (Wildman–Crippen MR) is 40.1 cm³/mol. The van der Waals surface area contributed by atoms with Crippen LogP contribution < -0.4 is 0 Å². The average molecular weight is 175 g/mol. The first kappa shape index (κ1) is 7.44. The Hall–Kier alpha value is -0.670. The second-order valence-electron chi connectivity index (χ2n) is 1.61. The molecule has 1 aromatic heterocycles. The highest BCUT2D eigenvalue weighted by Gasteiger charge is 2.03. The lowest BCUT2D eigenvalue weighted by Gasteiger charge is -1.76. The summed E-state index contributed by atoms with van der Waals surface area (Å²) in [7, 11) is 0. The van der Waals surface area contributed by atoms with Gasteiger partial charge in [0.15, 0.2) is 12.6 Å².